The summed E-state index contributed by atoms with van der Waals surface area (Å²) < 4.78 is 23.3. The maximum atomic E-state index is 10.8. The third kappa shape index (κ3) is 3.12. The standard InChI is InChI=1S/C13H18BClN5O5P/c14-26(22-3-1-2-16)23-4-7-10(25-26)9(21)13(24-7)20-6-19-8-11(15)17-5-18-12(8)20/h5,7,9-10,13,19,21,26H,1,3-4,6,14H2/t7?,9?,10-,13?/m1/s1. The molecule has 26 heavy (non-hydrogen) atoms. The fraction of sp³-hybridized carbons (Fsp3) is 0.615. The van der Waals surface area contributed by atoms with E-state index in [9.17, 15) is 5.11 Å². The van der Waals surface area contributed by atoms with E-state index in [1.165, 1.54) is 6.33 Å². The van der Waals surface area contributed by atoms with Crippen molar-refractivity contribution in [3.8, 4) is 6.07 Å². The minimum absolute atomic E-state index is 0.232. The van der Waals surface area contributed by atoms with Crippen LogP contribution in [-0.4, -0.2) is 67.1 Å². The molecule has 140 valence electrons. The number of anilines is 2. The summed E-state index contributed by atoms with van der Waals surface area (Å²) >= 11 is 6.08. The third-order valence-corrected chi connectivity index (χ3v) is 6.94. The van der Waals surface area contributed by atoms with Gasteiger partial charge in [0.1, 0.15) is 0 Å². The van der Waals surface area contributed by atoms with Crippen LogP contribution in [0.5, 0.6) is 0 Å². The van der Waals surface area contributed by atoms with Crippen LogP contribution >= 0.6 is 19.4 Å². The number of aromatic nitrogens is 2. The van der Waals surface area contributed by atoms with Gasteiger partial charge in [0.2, 0.25) is 0 Å². The van der Waals surface area contributed by atoms with Crippen molar-refractivity contribution in [1.29, 1.82) is 5.26 Å². The predicted octanol–water partition coefficient (Wildman–Crippen LogP) is -0.206. The molecule has 1 aromatic heterocycles. The number of hydrogen-bond donors (Lipinski definition) is 2. The van der Waals surface area contributed by atoms with Gasteiger partial charge in [0.25, 0.3) is 0 Å². The van der Waals surface area contributed by atoms with Gasteiger partial charge in [0.15, 0.2) is 0 Å². The molecule has 0 aromatic carbocycles. The van der Waals surface area contributed by atoms with Gasteiger partial charge in [-0.3, -0.25) is 0 Å². The first kappa shape index (κ1) is 18.1. The van der Waals surface area contributed by atoms with Crippen LogP contribution in [0.1, 0.15) is 6.42 Å². The fourth-order valence-electron chi connectivity index (χ4n) is 3.30. The van der Waals surface area contributed by atoms with Crippen LogP contribution in [0.4, 0.5) is 11.5 Å². The molecular weight excluding hydrogens is 383 g/mol. The van der Waals surface area contributed by atoms with Crippen LogP contribution in [0.2, 0.25) is 5.15 Å². The molecule has 10 nitrogen and oxygen atoms in total. The molecule has 3 aliphatic rings. The number of halogens is 1. The average molecular weight is 402 g/mol. The molecule has 3 aliphatic heterocycles. The van der Waals surface area contributed by atoms with Gasteiger partial charge >= 0.3 is 156 Å². The van der Waals surface area contributed by atoms with Crippen molar-refractivity contribution >= 4 is 38.5 Å². The Hall–Kier alpha value is -1.25. The van der Waals surface area contributed by atoms with E-state index in [1.54, 1.807) is 12.5 Å². The van der Waals surface area contributed by atoms with E-state index in [0.29, 0.717) is 23.3 Å². The van der Waals surface area contributed by atoms with E-state index in [0.717, 1.165) is 0 Å². The Morgan fingerprint density at radius 3 is 3.23 bits per heavy atom. The Bertz CT molecular complexity index is 743. The second-order valence-electron chi connectivity index (χ2n) is 6.24. The summed E-state index contributed by atoms with van der Waals surface area (Å²) in [5, 5.41) is 22.9. The summed E-state index contributed by atoms with van der Waals surface area (Å²) in [5.41, 5.74) is 0.607. The van der Waals surface area contributed by atoms with Crippen molar-refractivity contribution < 1.29 is 23.4 Å². The maximum absolute atomic E-state index is 10.8. The van der Waals surface area contributed by atoms with Gasteiger partial charge in [-0.2, -0.15) is 0 Å². The van der Waals surface area contributed by atoms with Crippen molar-refractivity contribution in [2.75, 3.05) is 30.1 Å². The van der Waals surface area contributed by atoms with Gasteiger partial charge in [0, 0.05) is 0 Å². The fourth-order valence-corrected chi connectivity index (χ4v) is 5.44. The van der Waals surface area contributed by atoms with Gasteiger partial charge in [-0.15, -0.1) is 0 Å². The SMILES string of the molecule is B[PH]1(OCCC#N)OCC2OC(N3CNc4c(Cl)ncnc43)C(O)[C@@H]2O1. The molecule has 0 aliphatic carbocycles. The molecule has 0 bridgehead atoms. The summed E-state index contributed by atoms with van der Waals surface area (Å²) in [6.07, 6.45) is -0.963. The number of nitriles is 1. The van der Waals surface area contributed by atoms with Crippen LogP contribution in [-0.2, 0) is 18.3 Å². The van der Waals surface area contributed by atoms with Crippen LogP contribution in [0.15, 0.2) is 6.33 Å². The number of rotatable bonds is 4. The monoisotopic (exact) mass is 401 g/mol. The van der Waals surface area contributed by atoms with E-state index in [4.69, 9.17) is 35.2 Å². The van der Waals surface area contributed by atoms with Crippen LogP contribution in [0.25, 0.3) is 0 Å². The number of fused-ring (bicyclic) bond motifs is 2. The molecule has 2 N–H and O–H groups in total. The van der Waals surface area contributed by atoms with E-state index < -0.39 is 32.4 Å². The molecule has 0 saturated carbocycles. The Labute approximate surface area is 156 Å². The summed E-state index contributed by atoms with van der Waals surface area (Å²) in [4.78, 5) is 9.96. The molecule has 4 rings (SSSR count). The third-order valence-electron chi connectivity index (χ3n) is 4.53. The number of aliphatic hydroxyl groups excluding tert-OH is 1. The first-order valence-corrected chi connectivity index (χ1v) is 10.8. The summed E-state index contributed by atoms with van der Waals surface area (Å²) in [6, 6.07) is 2.01. The van der Waals surface area contributed by atoms with Crippen LogP contribution in [0.3, 0.4) is 0 Å². The predicted molar refractivity (Wildman–Crippen MR) is 96.5 cm³/mol. The summed E-state index contributed by atoms with van der Waals surface area (Å²) in [5.74, 6) is 0.568. The zero-order valence-electron chi connectivity index (χ0n) is 14.0. The quantitative estimate of drug-likeness (QED) is 0.303. The normalized spacial score (nSPS) is 33.0. The number of nitrogens with zero attached hydrogens (tertiary/aromatic N) is 4. The van der Waals surface area contributed by atoms with E-state index in [1.807, 2.05) is 6.07 Å². The van der Waals surface area contributed by atoms with Crippen molar-refractivity contribution in [2.45, 2.75) is 31.0 Å². The van der Waals surface area contributed by atoms with Crippen molar-refractivity contribution in [2.24, 2.45) is 0 Å². The van der Waals surface area contributed by atoms with Crippen molar-refractivity contribution in [3.63, 3.8) is 0 Å². The first-order chi connectivity index (χ1) is 12.5. The minimum atomic E-state index is -2.92. The number of ether oxygens (including phenoxy) is 1. The molecule has 2 saturated heterocycles. The zero-order valence-corrected chi connectivity index (χ0v) is 15.7. The van der Waals surface area contributed by atoms with E-state index >= 15 is 0 Å². The Morgan fingerprint density at radius 2 is 2.42 bits per heavy atom. The van der Waals surface area contributed by atoms with Gasteiger partial charge in [-0.05, 0) is 0 Å². The molecule has 2 fully saturated rings. The van der Waals surface area contributed by atoms with Crippen molar-refractivity contribution in [3.05, 3.63) is 11.5 Å². The molecule has 0 radical (unpaired) electrons. The molecule has 3 unspecified atom stereocenters. The molecular formula is C13H18BClN5O5P. The second kappa shape index (κ2) is 7.05. The summed E-state index contributed by atoms with van der Waals surface area (Å²) in [6.45, 7) is 0.866. The van der Waals surface area contributed by atoms with E-state index in [-0.39, 0.29) is 19.6 Å². The molecule has 0 amide bonds. The van der Waals surface area contributed by atoms with Gasteiger partial charge in [0.05, 0.1) is 0 Å². The van der Waals surface area contributed by atoms with E-state index in [2.05, 4.69) is 15.3 Å². The molecule has 1 aromatic rings. The first-order valence-electron chi connectivity index (χ1n) is 8.19. The Morgan fingerprint density at radius 1 is 1.58 bits per heavy atom. The average Bonchev–Trinajstić information content (AvgIpc) is 3.18. The van der Waals surface area contributed by atoms with Gasteiger partial charge in [-0.25, -0.2) is 0 Å². The Balaban J connectivity index is 1.49. The number of aliphatic hydroxyl groups is 1. The molecule has 4 heterocycles. The zero-order chi connectivity index (χ0) is 18.3. The summed E-state index contributed by atoms with van der Waals surface area (Å²) in [7, 11) is -1.17. The molecule has 0 spiro atoms. The van der Waals surface area contributed by atoms with Crippen molar-refractivity contribution in [1.82, 2.24) is 9.97 Å². The van der Waals surface area contributed by atoms with Gasteiger partial charge in [-0.1, -0.05) is 0 Å². The topological polar surface area (TPSA) is 122 Å². The number of nitrogens with one attached hydrogen (secondary N) is 1. The van der Waals surface area contributed by atoms with Crippen LogP contribution in [0, 0.1) is 11.3 Å². The molecule has 4 atom stereocenters. The van der Waals surface area contributed by atoms with Gasteiger partial charge < -0.3 is 0 Å². The second-order valence-corrected chi connectivity index (χ2v) is 9.13. The molecule has 13 heteroatoms. The Kier molecular flexibility index (Phi) is 4.92. The van der Waals surface area contributed by atoms with Crippen LogP contribution < -0.4 is 10.2 Å². The number of hydrogen-bond acceptors (Lipinski definition) is 10.